The highest BCUT2D eigenvalue weighted by Crippen LogP contribution is 2.20. The van der Waals surface area contributed by atoms with Crippen LogP contribution < -0.4 is 5.32 Å². The molecule has 1 aromatic heterocycles. The molecule has 1 fully saturated rings. The first kappa shape index (κ1) is 14.2. The lowest BCUT2D eigenvalue weighted by molar-refractivity contribution is 0.104. The molecule has 1 N–H and O–H groups in total. The first-order valence-corrected chi connectivity index (χ1v) is 7.49. The smallest absolute Gasteiger partial charge is 0.257 e. The predicted octanol–water partition coefficient (Wildman–Crippen LogP) is 2.23. The lowest BCUT2D eigenvalue weighted by atomic mass is 10.1. The molecule has 0 saturated carbocycles. The molecule has 2 heterocycles. The lowest BCUT2D eigenvalue weighted by Gasteiger charge is -2.38. The van der Waals surface area contributed by atoms with Gasteiger partial charge < -0.3 is 9.84 Å². The minimum absolute atomic E-state index is 0.481. The Hall–Kier alpha value is -1.72. The number of piperazine rings is 1. The maximum absolute atomic E-state index is 5.41. The van der Waals surface area contributed by atoms with E-state index in [0.29, 0.717) is 18.0 Å². The number of hydrogen-bond acceptors (Lipinski definition) is 5. The van der Waals surface area contributed by atoms with Crippen molar-refractivity contribution in [1.82, 2.24) is 20.4 Å². The van der Waals surface area contributed by atoms with Crippen LogP contribution in [0.2, 0.25) is 0 Å². The molecule has 5 heteroatoms. The van der Waals surface area contributed by atoms with Gasteiger partial charge in [-0.1, -0.05) is 22.9 Å². The Bertz CT molecular complexity index is 600. The highest BCUT2D eigenvalue weighted by molar-refractivity contribution is 5.53. The summed E-state index contributed by atoms with van der Waals surface area (Å²) >= 11 is 0. The van der Waals surface area contributed by atoms with E-state index < -0.39 is 0 Å². The molecule has 1 saturated heterocycles. The molecule has 3 rings (SSSR count). The van der Waals surface area contributed by atoms with Crippen LogP contribution in [0.25, 0.3) is 11.5 Å². The zero-order chi connectivity index (χ0) is 14.8. The van der Waals surface area contributed by atoms with Gasteiger partial charge in [-0.05, 0) is 32.9 Å². The second-order valence-electron chi connectivity index (χ2n) is 5.91. The first-order valence-electron chi connectivity index (χ1n) is 7.49. The van der Waals surface area contributed by atoms with E-state index in [1.165, 1.54) is 5.56 Å². The second-order valence-corrected chi connectivity index (χ2v) is 5.91. The fourth-order valence-electron chi connectivity index (χ4n) is 2.86. The van der Waals surface area contributed by atoms with E-state index in [-0.39, 0.29) is 0 Å². The largest absolute Gasteiger partial charge is 0.334 e. The molecule has 2 aromatic rings. The van der Waals surface area contributed by atoms with Gasteiger partial charge in [-0.15, -0.1) is 0 Å². The van der Waals surface area contributed by atoms with Crippen molar-refractivity contribution in [1.29, 1.82) is 0 Å². The Morgan fingerprint density at radius 3 is 2.76 bits per heavy atom. The Kier molecular flexibility index (Phi) is 4.03. The van der Waals surface area contributed by atoms with Gasteiger partial charge in [0.25, 0.3) is 5.89 Å². The number of hydrogen-bond donors (Lipinski definition) is 1. The number of rotatable bonds is 3. The van der Waals surface area contributed by atoms with Crippen molar-refractivity contribution < 1.29 is 4.52 Å². The summed E-state index contributed by atoms with van der Waals surface area (Å²) in [6.07, 6.45) is 0. The Balaban J connectivity index is 1.76. The van der Waals surface area contributed by atoms with Crippen LogP contribution in [0.1, 0.15) is 25.2 Å². The molecule has 2 unspecified atom stereocenters. The highest BCUT2D eigenvalue weighted by Gasteiger charge is 2.26. The van der Waals surface area contributed by atoms with Crippen LogP contribution in [0.4, 0.5) is 0 Å². The summed E-state index contributed by atoms with van der Waals surface area (Å²) in [5, 5.41) is 7.57. The van der Waals surface area contributed by atoms with Gasteiger partial charge in [0.15, 0.2) is 5.82 Å². The Morgan fingerprint density at radius 2 is 2.05 bits per heavy atom. The Morgan fingerprint density at radius 1 is 1.29 bits per heavy atom. The van der Waals surface area contributed by atoms with Crippen LogP contribution >= 0.6 is 0 Å². The van der Waals surface area contributed by atoms with Crippen molar-refractivity contribution >= 4 is 0 Å². The average Bonchev–Trinajstić information content (AvgIpc) is 2.92. The van der Waals surface area contributed by atoms with Crippen LogP contribution in [0.3, 0.4) is 0 Å². The van der Waals surface area contributed by atoms with Gasteiger partial charge >= 0.3 is 0 Å². The molecule has 2 atom stereocenters. The van der Waals surface area contributed by atoms with Gasteiger partial charge in [-0.3, -0.25) is 4.90 Å². The average molecular weight is 286 g/mol. The SMILES string of the molecule is Cc1cccc(-c2nc(CN3C(C)CNCC3C)no2)c1. The fraction of sp³-hybridized carbons (Fsp3) is 0.500. The maximum Gasteiger partial charge on any atom is 0.257 e. The number of benzene rings is 1. The van der Waals surface area contributed by atoms with Crippen LogP contribution in [0, 0.1) is 6.92 Å². The third kappa shape index (κ3) is 3.14. The molecule has 0 radical (unpaired) electrons. The van der Waals surface area contributed by atoms with Crippen molar-refractivity contribution in [3.8, 4) is 11.5 Å². The van der Waals surface area contributed by atoms with E-state index in [1.807, 2.05) is 12.1 Å². The van der Waals surface area contributed by atoms with E-state index in [4.69, 9.17) is 4.52 Å². The number of nitrogens with zero attached hydrogens (tertiary/aromatic N) is 3. The summed E-state index contributed by atoms with van der Waals surface area (Å²) in [7, 11) is 0. The molecule has 0 aliphatic carbocycles. The molecule has 1 aliphatic rings. The van der Waals surface area contributed by atoms with E-state index in [1.54, 1.807) is 0 Å². The van der Waals surface area contributed by atoms with Crippen LogP contribution in [-0.2, 0) is 6.54 Å². The quantitative estimate of drug-likeness (QED) is 0.937. The molecular formula is C16H22N4O. The minimum Gasteiger partial charge on any atom is -0.334 e. The van der Waals surface area contributed by atoms with E-state index in [9.17, 15) is 0 Å². The van der Waals surface area contributed by atoms with Gasteiger partial charge in [0.1, 0.15) is 0 Å². The van der Waals surface area contributed by atoms with Gasteiger partial charge in [0.2, 0.25) is 0 Å². The summed E-state index contributed by atoms with van der Waals surface area (Å²) < 4.78 is 5.41. The van der Waals surface area contributed by atoms with Gasteiger partial charge in [-0.25, -0.2) is 0 Å². The number of nitrogens with one attached hydrogen (secondary N) is 1. The van der Waals surface area contributed by atoms with Crippen molar-refractivity contribution in [2.75, 3.05) is 13.1 Å². The summed E-state index contributed by atoms with van der Waals surface area (Å²) in [6.45, 7) is 9.26. The van der Waals surface area contributed by atoms with Crippen molar-refractivity contribution in [3.63, 3.8) is 0 Å². The topological polar surface area (TPSA) is 54.2 Å². The van der Waals surface area contributed by atoms with E-state index in [0.717, 1.165) is 31.0 Å². The molecule has 112 valence electrons. The van der Waals surface area contributed by atoms with E-state index in [2.05, 4.69) is 53.3 Å². The zero-order valence-corrected chi connectivity index (χ0v) is 12.8. The third-order valence-electron chi connectivity index (χ3n) is 4.07. The van der Waals surface area contributed by atoms with E-state index >= 15 is 0 Å². The summed E-state index contributed by atoms with van der Waals surface area (Å²) in [5.74, 6) is 1.36. The standard InChI is InChI=1S/C16H22N4O/c1-11-5-4-6-14(7-11)16-18-15(19-21-16)10-20-12(2)8-17-9-13(20)3/h4-7,12-13,17H,8-10H2,1-3H3. The predicted molar refractivity (Wildman–Crippen MR) is 81.8 cm³/mol. The zero-order valence-electron chi connectivity index (χ0n) is 12.8. The van der Waals surface area contributed by atoms with Gasteiger partial charge in [0.05, 0.1) is 6.54 Å². The molecule has 0 amide bonds. The minimum atomic E-state index is 0.481. The highest BCUT2D eigenvalue weighted by atomic mass is 16.5. The summed E-state index contributed by atoms with van der Waals surface area (Å²) in [4.78, 5) is 6.96. The molecule has 0 bridgehead atoms. The first-order chi connectivity index (χ1) is 10.1. The van der Waals surface area contributed by atoms with Crippen molar-refractivity contribution in [2.24, 2.45) is 0 Å². The number of aromatic nitrogens is 2. The molecule has 21 heavy (non-hydrogen) atoms. The fourth-order valence-corrected chi connectivity index (χ4v) is 2.86. The van der Waals surface area contributed by atoms with Crippen molar-refractivity contribution in [3.05, 3.63) is 35.7 Å². The molecule has 1 aliphatic heterocycles. The monoisotopic (exact) mass is 286 g/mol. The lowest BCUT2D eigenvalue weighted by Crippen LogP contribution is -2.54. The Labute approximate surface area is 125 Å². The molecule has 0 spiro atoms. The molecule has 1 aromatic carbocycles. The normalized spacial score (nSPS) is 23.4. The van der Waals surface area contributed by atoms with Gasteiger partial charge in [0, 0.05) is 30.7 Å². The number of aryl methyl sites for hydroxylation is 1. The van der Waals surface area contributed by atoms with Crippen LogP contribution in [-0.4, -0.2) is 40.2 Å². The van der Waals surface area contributed by atoms with Crippen LogP contribution in [0.5, 0.6) is 0 Å². The summed E-state index contributed by atoms with van der Waals surface area (Å²) in [6, 6.07) is 9.09. The van der Waals surface area contributed by atoms with Gasteiger partial charge in [-0.2, -0.15) is 4.98 Å². The van der Waals surface area contributed by atoms with Crippen LogP contribution in [0.15, 0.2) is 28.8 Å². The second kappa shape index (κ2) is 5.95. The summed E-state index contributed by atoms with van der Waals surface area (Å²) in [5.41, 5.74) is 2.17. The third-order valence-corrected chi connectivity index (χ3v) is 4.07. The molecular weight excluding hydrogens is 264 g/mol. The maximum atomic E-state index is 5.41. The van der Waals surface area contributed by atoms with Crippen molar-refractivity contribution in [2.45, 2.75) is 39.4 Å². The molecule has 5 nitrogen and oxygen atoms in total.